The van der Waals surface area contributed by atoms with Crippen LogP contribution in [0.4, 0.5) is 0 Å². The first kappa shape index (κ1) is 7.79. The van der Waals surface area contributed by atoms with Gasteiger partial charge in [0.15, 0.2) is 6.61 Å². The van der Waals surface area contributed by atoms with Crippen molar-refractivity contribution in [3.05, 3.63) is 29.8 Å². The van der Waals surface area contributed by atoms with E-state index in [1.807, 2.05) is 0 Å². The zero-order valence-electron chi connectivity index (χ0n) is 6.65. The molecule has 0 saturated carbocycles. The number of esters is 2. The summed E-state index contributed by atoms with van der Waals surface area (Å²) in [6, 6.07) is 6.58. The number of benzene rings is 1. The predicted molar refractivity (Wildman–Crippen MR) is 42.4 cm³/mol. The molecule has 0 aliphatic carbocycles. The van der Waals surface area contributed by atoms with Gasteiger partial charge in [0.05, 0.1) is 0 Å². The van der Waals surface area contributed by atoms with Crippen molar-refractivity contribution in [2.45, 2.75) is 0 Å². The van der Waals surface area contributed by atoms with Crippen LogP contribution in [-0.2, 0) is 9.53 Å². The fraction of sp³-hybridized carbons (Fsp3) is 0.111. The Hall–Kier alpha value is -1.84. The van der Waals surface area contributed by atoms with Crippen LogP contribution in [0, 0.1) is 0 Å². The molecule has 0 atom stereocenters. The van der Waals surface area contributed by atoms with Crippen molar-refractivity contribution in [3.63, 3.8) is 0 Å². The third kappa shape index (κ3) is 1.38. The number of ether oxygens (including phenoxy) is 2. The molecular formula is C9H6O4. The van der Waals surface area contributed by atoms with Gasteiger partial charge in [0.1, 0.15) is 11.3 Å². The van der Waals surface area contributed by atoms with E-state index in [2.05, 4.69) is 4.74 Å². The Balaban J connectivity index is 2.46. The van der Waals surface area contributed by atoms with Crippen molar-refractivity contribution < 1.29 is 19.1 Å². The van der Waals surface area contributed by atoms with Crippen LogP contribution < -0.4 is 4.74 Å². The van der Waals surface area contributed by atoms with Gasteiger partial charge in [-0.15, -0.1) is 0 Å². The lowest BCUT2D eigenvalue weighted by Crippen LogP contribution is -2.13. The first-order valence-corrected chi connectivity index (χ1v) is 3.74. The molecule has 0 saturated heterocycles. The van der Waals surface area contributed by atoms with Crippen LogP contribution >= 0.6 is 0 Å². The summed E-state index contributed by atoms with van der Waals surface area (Å²) in [5.41, 5.74) is 0.286. The van der Waals surface area contributed by atoms with Crippen LogP contribution in [0.1, 0.15) is 10.4 Å². The minimum Gasteiger partial charge on any atom is -0.481 e. The van der Waals surface area contributed by atoms with E-state index >= 15 is 0 Å². The molecule has 1 aromatic rings. The molecular weight excluding hydrogens is 172 g/mol. The van der Waals surface area contributed by atoms with Gasteiger partial charge in [-0.1, -0.05) is 12.1 Å². The van der Waals surface area contributed by atoms with Crippen molar-refractivity contribution >= 4 is 11.9 Å². The Morgan fingerprint density at radius 1 is 1.15 bits per heavy atom. The maximum Gasteiger partial charge on any atom is 0.352 e. The predicted octanol–water partition coefficient (Wildman–Crippen LogP) is 0.762. The van der Waals surface area contributed by atoms with Crippen LogP contribution in [0.2, 0.25) is 0 Å². The fourth-order valence-electron chi connectivity index (χ4n) is 1.09. The monoisotopic (exact) mass is 178 g/mol. The highest BCUT2D eigenvalue weighted by molar-refractivity contribution is 6.00. The van der Waals surface area contributed by atoms with Gasteiger partial charge in [-0.2, -0.15) is 0 Å². The Kier molecular flexibility index (Phi) is 1.73. The smallest absolute Gasteiger partial charge is 0.352 e. The first-order chi connectivity index (χ1) is 6.27. The molecule has 2 rings (SSSR count). The molecule has 1 aliphatic rings. The number of carbonyl (C=O) groups excluding carboxylic acids is 2. The summed E-state index contributed by atoms with van der Waals surface area (Å²) in [5.74, 6) is -0.933. The Labute approximate surface area is 74.1 Å². The third-order valence-electron chi connectivity index (χ3n) is 1.66. The molecule has 0 spiro atoms. The van der Waals surface area contributed by atoms with Crippen LogP contribution in [0.25, 0.3) is 0 Å². The number of cyclic esters (lactones) is 2. The van der Waals surface area contributed by atoms with Crippen molar-refractivity contribution in [2.75, 3.05) is 6.61 Å². The second-order valence-corrected chi connectivity index (χ2v) is 2.55. The van der Waals surface area contributed by atoms with Crippen LogP contribution in [0.15, 0.2) is 24.3 Å². The van der Waals surface area contributed by atoms with Gasteiger partial charge in [0, 0.05) is 0 Å². The van der Waals surface area contributed by atoms with Crippen molar-refractivity contribution in [1.29, 1.82) is 0 Å². The van der Waals surface area contributed by atoms with E-state index in [4.69, 9.17) is 4.74 Å². The molecule has 1 aliphatic heterocycles. The summed E-state index contributed by atoms with van der Waals surface area (Å²) < 4.78 is 9.47. The summed E-state index contributed by atoms with van der Waals surface area (Å²) >= 11 is 0. The highest BCUT2D eigenvalue weighted by Crippen LogP contribution is 2.20. The number of para-hydroxylation sites is 1. The maximum absolute atomic E-state index is 11.2. The Morgan fingerprint density at radius 3 is 2.77 bits per heavy atom. The molecule has 0 aromatic heterocycles. The molecule has 66 valence electrons. The molecule has 0 N–H and O–H groups in total. The minimum atomic E-state index is -0.666. The average molecular weight is 178 g/mol. The first-order valence-electron chi connectivity index (χ1n) is 3.74. The van der Waals surface area contributed by atoms with Gasteiger partial charge in [-0.3, -0.25) is 0 Å². The zero-order chi connectivity index (χ0) is 9.26. The number of carbonyl (C=O) groups is 2. The van der Waals surface area contributed by atoms with E-state index in [1.165, 1.54) is 0 Å². The van der Waals surface area contributed by atoms with E-state index < -0.39 is 11.9 Å². The van der Waals surface area contributed by atoms with Crippen molar-refractivity contribution in [3.8, 4) is 5.75 Å². The normalized spacial score (nSPS) is 15.4. The lowest BCUT2D eigenvalue weighted by Gasteiger charge is -2.00. The lowest BCUT2D eigenvalue weighted by atomic mass is 10.2. The standard InChI is InChI=1S/C9H6O4/c10-8-5-12-7-4-2-1-3-6(7)9(11)13-8/h1-4H,5H2. The summed E-state index contributed by atoms with van der Waals surface area (Å²) in [6.45, 7) is -0.219. The SMILES string of the molecule is O=C1COc2ccccc2C(=O)O1. The van der Waals surface area contributed by atoms with Crippen LogP contribution in [0.5, 0.6) is 5.75 Å². The van der Waals surface area contributed by atoms with E-state index in [1.54, 1.807) is 24.3 Å². The lowest BCUT2D eigenvalue weighted by molar-refractivity contribution is -0.139. The Bertz CT molecular complexity index is 370. The highest BCUT2D eigenvalue weighted by atomic mass is 16.6. The van der Waals surface area contributed by atoms with Gasteiger partial charge in [-0.05, 0) is 12.1 Å². The van der Waals surface area contributed by atoms with Crippen LogP contribution in [-0.4, -0.2) is 18.5 Å². The summed E-state index contributed by atoms with van der Waals surface area (Å²) in [5, 5.41) is 0. The number of fused-ring (bicyclic) bond motifs is 1. The van der Waals surface area contributed by atoms with Gasteiger partial charge in [0.25, 0.3) is 0 Å². The molecule has 1 heterocycles. The number of hydrogen-bond acceptors (Lipinski definition) is 4. The zero-order valence-corrected chi connectivity index (χ0v) is 6.65. The quantitative estimate of drug-likeness (QED) is 0.434. The molecule has 4 nitrogen and oxygen atoms in total. The summed E-state index contributed by atoms with van der Waals surface area (Å²) in [7, 11) is 0. The Morgan fingerprint density at radius 2 is 1.92 bits per heavy atom. The molecule has 0 fully saturated rings. The fourth-order valence-corrected chi connectivity index (χ4v) is 1.09. The van der Waals surface area contributed by atoms with Gasteiger partial charge >= 0.3 is 11.9 Å². The summed E-state index contributed by atoms with van der Waals surface area (Å²) in [6.07, 6.45) is 0. The second-order valence-electron chi connectivity index (χ2n) is 2.55. The second kappa shape index (κ2) is 2.90. The topological polar surface area (TPSA) is 52.6 Å². The van der Waals surface area contributed by atoms with E-state index in [0.717, 1.165) is 0 Å². The summed E-state index contributed by atoms with van der Waals surface area (Å²) in [4.78, 5) is 22.0. The largest absolute Gasteiger partial charge is 0.481 e. The number of hydrogen-bond donors (Lipinski definition) is 0. The minimum absolute atomic E-state index is 0.219. The van der Waals surface area contributed by atoms with E-state index in [9.17, 15) is 9.59 Å². The molecule has 0 amide bonds. The molecule has 1 aromatic carbocycles. The average Bonchev–Trinajstić information content (AvgIpc) is 2.27. The van der Waals surface area contributed by atoms with Gasteiger partial charge in [-0.25, -0.2) is 9.59 Å². The van der Waals surface area contributed by atoms with E-state index in [0.29, 0.717) is 5.75 Å². The molecule has 0 radical (unpaired) electrons. The number of rotatable bonds is 0. The van der Waals surface area contributed by atoms with Crippen LogP contribution in [0.3, 0.4) is 0 Å². The van der Waals surface area contributed by atoms with Crippen molar-refractivity contribution in [2.24, 2.45) is 0 Å². The molecule has 0 bridgehead atoms. The highest BCUT2D eigenvalue weighted by Gasteiger charge is 2.21. The maximum atomic E-state index is 11.2. The van der Waals surface area contributed by atoms with Gasteiger partial charge in [0.2, 0.25) is 0 Å². The van der Waals surface area contributed by atoms with E-state index in [-0.39, 0.29) is 12.2 Å². The molecule has 4 heteroatoms. The molecule has 13 heavy (non-hydrogen) atoms. The third-order valence-corrected chi connectivity index (χ3v) is 1.66. The van der Waals surface area contributed by atoms with Gasteiger partial charge < -0.3 is 9.47 Å². The molecule has 0 unspecified atom stereocenters. The van der Waals surface area contributed by atoms with Crippen molar-refractivity contribution in [1.82, 2.24) is 0 Å².